The second-order valence-corrected chi connectivity index (χ2v) is 11.9. The molecule has 1 saturated heterocycles. The van der Waals surface area contributed by atoms with E-state index in [1.54, 1.807) is 31.5 Å². The molecule has 2 heterocycles. The molecule has 39 heavy (non-hydrogen) atoms. The van der Waals surface area contributed by atoms with Crippen molar-refractivity contribution in [2.24, 2.45) is 0 Å². The standard InChI is InChI=1S/C29H36N6O3S/c1-34-16-18-35(19-17-34)25-9-7-24(8-10-25)32-29-30-21-22(28(33-29)31-23-5-3-4-6-23)15-20-39(36,37)27-13-11-26(38-2)12-14-27/h7-15,20-21,23H,3-6,16-19H2,1-2H3,(H2,30,31,32,33). The zero-order valence-electron chi connectivity index (χ0n) is 22.5. The van der Waals surface area contributed by atoms with Gasteiger partial charge in [-0.1, -0.05) is 12.8 Å². The summed E-state index contributed by atoms with van der Waals surface area (Å²) in [4.78, 5) is 14.2. The maximum Gasteiger partial charge on any atom is 0.229 e. The molecule has 10 heteroatoms. The van der Waals surface area contributed by atoms with E-state index in [1.165, 1.54) is 36.1 Å². The van der Waals surface area contributed by atoms with Crippen LogP contribution >= 0.6 is 0 Å². The Labute approximate surface area is 230 Å². The molecule has 9 nitrogen and oxygen atoms in total. The molecule has 2 aromatic carbocycles. The first-order valence-corrected chi connectivity index (χ1v) is 15.0. The molecule has 5 rings (SSSR count). The van der Waals surface area contributed by atoms with Gasteiger partial charge < -0.3 is 25.2 Å². The summed E-state index contributed by atoms with van der Waals surface area (Å²) in [7, 11) is 0.0555. The highest BCUT2D eigenvalue weighted by atomic mass is 32.2. The highest BCUT2D eigenvalue weighted by Gasteiger charge is 2.18. The van der Waals surface area contributed by atoms with Gasteiger partial charge in [-0.25, -0.2) is 13.4 Å². The molecule has 2 aliphatic rings. The summed E-state index contributed by atoms with van der Waals surface area (Å²) in [6.45, 7) is 4.16. The molecule has 0 unspecified atom stereocenters. The number of hydrogen-bond acceptors (Lipinski definition) is 9. The molecule has 0 amide bonds. The van der Waals surface area contributed by atoms with Crippen molar-refractivity contribution in [3.63, 3.8) is 0 Å². The van der Waals surface area contributed by atoms with Crippen molar-refractivity contribution in [1.29, 1.82) is 0 Å². The van der Waals surface area contributed by atoms with Crippen LogP contribution in [0.4, 0.5) is 23.1 Å². The third-order valence-corrected chi connectivity index (χ3v) is 8.74. The molecule has 2 fully saturated rings. The Morgan fingerprint density at radius 1 is 0.974 bits per heavy atom. The summed E-state index contributed by atoms with van der Waals surface area (Å²) in [5.74, 6) is 1.68. The highest BCUT2D eigenvalue weighted by Crippen LogP contribution is 2.27. The second-order valence-electron chi connectivity index (χ2n) is 10.1. The van der Waals surface area contributed by atoms with Crippen LogP contribution < -0.4 is 20.3 Å². The van der Waals surface area contributed by atoms with Gasteiger partial charge in [0.25, 0.3) is 0 Å². The van der Waals surface area contributed by atoms with Crippen molar-refractivity contribution >= 4 is 39.1 Å². The first-order chi connectivity index (χ1) is 18.9. The Morgan fingerprint density at radius 2 is 1.67 bits per heavy atom. The predicted octanol–water partition coefficient (Wildman–Crippen LogP) is 4.78. The molecule has 0 radical (unpaired) electrons. The van der Waals surface area contributed by atoms with Crippen LogP contribution in [0.1, 0.15) is 31.2 Å². The minimum atomic E-state index is -3.64. The number of piperazine rings is 1. The summed E-state index contributed by atoms with van der Waals surface area (Å²) in [5, 5.41) is 8.02. The molecule has 1 aromatic heterocycles. The topological polar surface area (TPSA) is 99.7 Å². The summed E-state index contributed by atoms with van der Waals surface area (Å²) >= 11 is 0. The van der Waals surface area contributed by atoms with E-state index >= 15 is 0 Å². The van der Waals surface area contributed by atoms with Crippen LogP contribution in [0.2, 0.25) is 0 Å². The fourth-order valence-corrected chi connectivity index (χ4v) is 5.91. The SMILES string of the molecule is COc1ccc(S(=O)(=O)C=Cc2cnc(Nc3ccc(N4CCN(C)CC4)cc3)nc2NC2CCCC2)cc1. The van der Waals surface area contributed by atoms with Crippen molar-refractivity contribution in [2.45, 2.75) is 36.6 Å². The van der Waals surface area contributed by atoms with E-state index in [1.807, 2.05) is 12.1 Å². The van der Waals surface area contributed by atoms with Crippen molar-refractivity contribution in [2.75, 3.05) is 55.9 Å². The van der Waals surface area contributed by atoms with E-state index in [2.05, 4.69) is 44.6 Å². The first-order valence-electron chi connectivity index (χ1n) is 13.4. The largest absolute Gasteiger partial charge is 0.497 e. The fourth-order valence-electron chi connectivity index (χ4n) is 4.91. The zero-order chi connectivity index (χ0) is 27.2. The van der Waals surface area contributed by atoms with Crippen LogP contribution in [-0.2, 0) is 9.84 Å². The molecule has 3 aromatic rings. The normalized spacial score (nSPS) is 17.0. The highest BCUT2D eigenvalue weighted by molar-refractivity contribution is 7.94. The number of rotatable bonds is 9. The number of anilines is 4. The van der Waals surface area contributed by atoms with Crippen LogP contribution in [0.3, 0.4) is 0 Å². The number of nitrogens with zero attached hydrogens (tertiary/aromatic N) is 4. The maximum absolute atomic E-state index is 12.9. The van der Waals surface area contributed by atoms with E-state index in [4.69, 9.17) is 9.72 Å². The smallest absolute Gasteiger partial charge is 0.229 e. The second kappa shape index (κ2) is 12.0. The molecule has 206 valence electrons. The monoisotopic (exact) mass is 548 g/mol. The quantitative estimate of drug-likeness (QED) is 0.391. The number of nitrogens with one attached hydrogen (secondary N) is 2. The number of hydrogen-bond donors (Lipinski definition) is 2. The Morgan fingerprint density at radius 3 is 2.33 bits per heavy atom. The lowest BCUT2D eigenvalue weighted by molar-refractivity contribution is 0.313. The van der Waals surface area contributed by atoms with E-state index in [-0.39, 0.29) is 4.90 Å². The van der Waals surface area contributed by atoms with Crippen molar-refractivity contribution in [3.05, 3.63) is 65.7 Å². The molecule has 1 saturated carbocycles. The Kier molecular flexibility index (Phi) is 8.33. The average Bonchev–Trinajstić information content (AvgIpc) is 3.47. The van der Waals surface area contributed by atoms with Gasteiger partial charge >= 0.3 is 0 Å². The molecule has 0 spiro atoms. The Hall–Kier alpha value is -3.63. The lowest BCUT2D eigenvalue weighted by Gasteiger charge is -2.34. The molecule has 1 aliphatic heterocycles. The number of likely N-dealkylation sites (N-methyl/N-ethyl adjacent to an activating group) is 1. The average molecular weight is 549 g/mol. The van der Waals surface area contributed by atoms with Gasteiger partial charge in [-0.3, -0.25) is 0 Å². The third-order valence-electron chi connectivity index (χ3n) is 7.32. The molecular formula is C29H36N6O3S. The van der Waals surface area contributed by atoms with Crippen LogP contribution in [0, 0.1) is 0 Å². The van der Waals surface area contributed by atoms with Crippen molar-refractivity contribution in [3.8, 4) is 5.75 Å². The van der Waals surface area contributed by atoms with Crippen LogP contribution in [0.25, 0.3) is 6.08 Å². The molecular weight excluding hydrogens is 512 g/mol. The molecule has 0 bridgehead atoms. The maximum atomic E-state index is 12.9. The Balaban J connectivity index is 1.33. The first kappa shape index (κ1) is 27.0. The van der Waals surface area contributed by atoms with Crippen molar-refractivity contribution in [1.82, 2.24) is 14.9 Å². The van der Waals surface area contributed by atoms with Gasteiger partial charge in [0.15, 0.2) is 9.84 Å². The summed E-state index contributed by atoms with van der Waals surface area (Å²) in [6.07, 6.45) is 7.69. The molecule has 1 aliphatic carbocycles. The van der Waals surface area contributed by atoms with E-state index in [0.717, 1.165) is 44.7 Å². The van der Waals surface area contributed by atoms with Gasteiger partial charge in [0.05, 0.1) is 12.0 Å². The summed E-state index contributed by atoms with van der Waals surface area (Å²) in [5.41, 5.74) is 2.72. The lowest BCUT2D eigenvalue weighted by atomic mass is 10.2. The van der Waals surface area contributed by atoms with Gasteiger partial charge in [0, 0.05) is 60.8 Å². The predicted molar refractivity (Wildman–Crippen MR) is 157 cm³/mol. The summed E-state index contributed by atoms with van der Waals surface area (Å²) < 4.78 is 31.0. The van der Waals surface area contributed by atoms with E-state index in [9.17, 15) is 8.42 Å². The third kappa shape index (κ3) is 6.88. The Bertz CT molecular complexity index is 1380. The minimum absolute atomic E-state index is 0.198. The molecule has 0 atom stereocenters. The van der Waals surface area contributed by atoms with E-state index < -0.39 is 9.84 Å². The number of ether oxygens (including phenoxy) is 1. The van der Waals surface area contributed by atoms with Gasteiger partial charge in [0.2, 0.25) is 5.95 Å². The zero-order valence-corrected chi connectivity index (χ0v) is 23.3. The fraction of sp³-hybridized carbons (Fsp3) is 0.379. The number of aromatic nitrogens is 2. The van der Waals surface area contributed by atoms with Crippen LogP contribution in [0.15, 0.2) is 65.0 Å². The van der Waals surface area contributed by atoms with Gasteiger partial charge in [0.1, 0.15) is 11.6 Å². The van der Waals surface area contributed by atoms with Crippen molar-refractivity contribution < 1.29 is 13.2 Å². The molecule has 2 N–H and O–H groups in total. The number of methoxy groups -OCH3 is 1. The van der Waals surface area contributed by atoms with Gasteiger partial charge in [-0.15, -0.1) is 0 Å². The minimum Gasteiger partial charge on any atom is -0.497 e. The van der Waals surface area contributed by atoms with Gasteiger partial charge in [-0.05, 0) is 74.5 Å². The van der Waals surface area contributed by atoms with Crippen LogP contribution in [-0.4, -0.2) is 69.7 Å². The lowest BCUT2D eigenvalue weighted by Crippen LogP contribution is -2.44. The number of benzene rings is 2. The van der Waals surface area contributed by atoms with E-state index in [0.29, 0.717) is 29.1 Å². The number of sulfone groups is 1. The van der Waals surface area contributed by atoms with Gasteiger partial charge in [-0.2, -0.15) is 4.98 Å². The van der Waals surface area contributed by atoms with Crippen LogP contribution in [0.5, 0.6) is 5.75 Å². The summed E-state index contributed by atoms with van der Waals surface area (Å²) in [6, 6.07) is 15.0.